The molecule has 4 aromatic rings. The molecule has 2 heterocycles. The average Bonchev–Trinajstić information content (AvgIpc) is 3.08. The number of hydrogen-bond acceptors (Lipinski definition) is 3. The zero-order chi connectivity index (χ0) is 17.1. The van der Waals surface area contributed by atoms with Gasteiger partial charge in [-0.1, -0.05) is 54.6 Å². The summed E-state index contributed by atoms with van der Waals surface area (Å²) in [5, 5.41) is 4.67. The van der Waals surface area contributed by atoms with Gasteiger partial charge in [-0.25, -0.2) is 4.98 Å². The van der Waals surface area contributed by atoms with E-state index in [4.69, 9.17) is 0 Å². The highest BCUT2D eigenvalue weighted by Gasteiger charge is 2.14. The van der Waals surface area contributed by atoms with Crippen LogP contribution >= 0.6 is 0 Å². The van der Waals surface area contributed by atoms with Gasteiger partial charge < -0.3 is 4.57 Å². The molecule has 122 valence electrons. The molecule has 0 aliphatic carbocycles. The number of imidazole rings is 1. The molecule has 5 heteroatoms. The molecule has 0 bridgehead atoms. The highest BCUT2D eigenvalue weighted by molar-refractivity contribution is 6.10. The number of carbonyl (C=O) groups is 1. The monoisotopic (exact) mass is 328 g/mol. The zero-order valence-corrected chi connectivity index (χ0v) is 13.5. The lowest BCUT2D eigenvalue weighted by atomic mass is 10.1. The molecule has 0 spiro atoms. The third kappa shape index (κ3) is 3.12. The lowest BCUT2D eigenvalue weighted by Crippen LogP contribution is -2.17. The minimum Gasteiger partial charge on any atom is -0.313 e. The smallest absolute Gasteiger partial charge is 0.277 e. The molecular formula is C20H16N4O. The molecule has 5 nitrogen and oxygen atoms in total. The zero-order valence-electron chi connectivity index (χ0n) is 13.5. The molecule has 1 amide bonds. The summed E-state index contributed by atoms with van der Waals surface area (Å²) in [5.41, 5.74) is 1.53. The van der Waals surface area contributed by atoms with Gasteiger partial charge >= 0.3 is 0 Å². The van der Waals surface area contributed by atoms with Crippen LogP contribution in [0.15, 0.2) is 79.3 Å². The Labute approximate surface area is 145 Å². The Balaban J connectivity index is 1.60. The predicted octanol–water partition coefficient (Wildman–Crippen LogP) is 3.73. The van der Waals surface area contributed by atoms with E-state index in [0.29, 0.717) is 18.2 Å². The van der Waals surface area contributed by atoms with Gasteiger partial charge in [0.2, 0.25) is 5.95 Å². The summed E-state index contributed by atoms with van der Waals surface area (Å²) in [4.78, 5) is 21.2. The molecule has 0 saturated carbocycles. The van der Waals surface area contributed by atoms with Crippen LogP contribution in [0.5, 0.6) is 0 Å². The number of aromatic nitrogens is 3. The third-order valence-electron chi connectivity index (χ3n) is 4.03. The maximum atomic E-state index is 12.7. The Bertz CT molecular complexity index is 1020. The second kappa shape index (κ2) is 6.57. The van der Waals surface area contributed by atoms with E-state index in [-0.39, 0.29) is 5.91 Å². The van der Waals surface area contributed by atoms with E-state index >= 15 is 0 Å². The van der Waals surface area contributed by atoms with Gasteiger partial charge in [0.1, 0.15) is 5.69 Å². The number of benzene rings is 2. The molecule has 4 rings (SSSR count). The minimum atomic E-state index is -0.266. The first-order valence-electron chi connectivity index (χ1n) is 8.01. The molecule has 0 saturated heterocycles. The van der Waals surface area contributed by atoms with Crippen molar-refractivity contribution in [3.63, 3.8) is 0 Å². The first-order chi connectivity index (χ1) is 12.3. The Morgan fingerprint density at radius 2 is 1.72 bits per heavy atom. The van der Waals surface area contributed by atoms with Crippen molar-refractivity contribution in [1.29, 1.82) is 0 Å². The number of carbonyl (C=O) groups excluding carboxylic acids is 1. The van der Waals surface area contributed by atoms with Crippen LogP contribution in [0.25, 0.3) is 10.8 Å². The number of hydrogen-bond donors (Lipinski definition) is 1. The van der Waals surface area contributed by atoms with Crippen molar-refractivity contribution >= 4 is 22.6 Å². The van der Waals surface area contributed by atoms with E-state index in [1.165, 1.54) is 0 Å². The topological polar surface area (TPSA) is 59.8 Å². The van der Waals surface area contributed by atoms with Crippen LogP contribution in [0.1, 0.15) is 16.1 Å². The van der Waals surface area contributed by atoms with Gasteiger partial charge in [0.15, 0.2) is 0 Å². The molecule has 0 radical (unpaired) electrons. The molecule has 2 aromatic heterocycles. The van der Waals surface area contributed by atoms with Crippen LogP contribution in [0.2, 0.25) is 0 Å². The predicted molar refractivity (Wildman–Crippen MR) is 97.5 cm³/mol. The van der Waals surface area contributed by atoms with E-state index in [2.05, 4.69) is 15.3 Å². The Kier molecular flexibility index (Phi) is 3.96. The SMILES string of the molecule is O=C(Nc1nccn1Cc1ccccc1)c1nccc2ccccc12. The maximum absolute atomic E-state index is 12.7. The van der Waals surface area contributed by atoms with Crippen LogP contribution in [0.3, 0.4) is 0 Å². The van der Waals surface area contributed by atoms with E-state index in [9.17, 15) is 4.79 Å². The number of rotatable bonds is 4. The van der Waals surface area contributed by atoms with Gasteiger partial charge in [0, 0.05) is 24.0 Å². The minimum absolute atomic E-state index is 0.266. The van der Waals surface area contributed by atoms with Gasteiger partial charge in [-0.3, -0.25) is 15.1 Å². The molecule has 0 unspecified atom stereocenters. The molecule has 0 atom stereocenters. The van der Waals surface area contributed by atoms with E-state index < -0.39 is 0 Å². The van der Waals surface area contributed by atoms with Crippen LogP contribution < -0.4 is 5.32 Å². The molecule has 0 aliphatic rings. The van der Waals surface area contributed by atoms with Crippen LogP contribution in [0.4, 0.5) is 5.95 Å². The first kappa shape index (κ1) is 15.1. The molecule has 2 aromatic carbocycles. The largest absolute Gasteiger partial charge is 0.313 e. The van der Waals surface area contributed by atoms with Crippen molar-refractivity contribution in [3.05, 3.63) is 90.5 Å². The number of amides is 1. The lowest BCUT2D eigenvalue weighted by molar-refractivity contribution is 0.102. The quantitative estimate of drug-likeness (QED) is 0.621. The van der Waals surface area contributed by atoms with Gasteiger partial charge in [0.25, 0.3) is 5.91 Å². The van der Waals surface area contributed by atoms with Gasteiger partial charge in [-0.15, -0.1) is 0 Å². The van der Waals surface area contributed by atoms with Crippen LogP contribution in [0, 0.1) is 0 Å². The standard InChI is InChI=1S/C20H16N4O/c25-19(18-17-9-5-4-8-16(17)10-11-21-18)23-20-22-12-13-24(20)14-15-6-2-1-3-7-15/h1-13H,14H2,(H,22,23,25). The summed E-state index contributed by atoms with van der Waals surface area (Å²) in [6, 6.07) is 19.6. The van der Waals surface area contributed by atoms with Crippen LogP contribution in [-0.4, -0.2) is 20.4 Å². The van der Waals surface area contributed by atoms with Crippen molar-refractivity contribution in [2.24, 2.45) is 0 Å². The van der Waals surface area contributed by atoms with Crippen molar-refractivity contribution < 1.29 is 4.79 Å². The summed E-state index contributed by atoms with van der Waals surface area (Å²) >= 11 is 0. The van der Waals surface area contributed by atoms with Gasteiger partial charge in [-0.2, -0.15) is 0 Å². The lowest BCUT2D eigenvalue weighted by Gasteiger charge is -2.10. The average molecular weight is 328 g/mol. The maximum Gasteiger partial charge on any atom is 0.277 e. The molecule has 25 heavy (non-hydrogen) atoms. The van der Waals surface area contributed by atoms with E-state index in [1.54, 1.807) is 12.4 Å². The van der Waals surface area contributed by atoms with Crippen molar-refractivity contribution in [3.8, 4) is 0 Å². The number of nitrogens with one attached hydrogen (secondary N) is 1. The highest BCUT2D eigenvalue weighted by Crippen LogP contribution is 2.18. The summed E-state index contributed by atoms with van der Waals surface area (Å²) < 4.78 is 1.90. The van der Waals surface area contributed by atoms with Crippen molar-refractivity contribution in [2.45, 2.75) is 6.54 Å². The molecule has 1 N–H and O–H groups in total. The number of pyridine rings is 1. The summed E-state index contributed by atoms with van der Waals surface area (Å²) in [6.07, 6.45) is 5.17. The summed E-state index contributed by atoms with van der Waals surface area (Å²) in [7, 11) is 0. The summed E-state index contributed by atoms with van der Waals surface area (Å²) in [6.45, 7) is 0.638. The first-order valence-corrected chi connectivity index (χ1v) is 8.01. The number of anilines is 1. The fourth-order valence-corrected chi connectivity index (χ4v) is 2.80. The normalized spacial score (nSPS) is 10.7. The second-order valence-electron chi connectivity index (χ2n) is 5.70. The summed E-state index contributed by atoms with van der Waals surface area (Å²) in [5.74, 6) is 0.237. The third-order valence-corrected chi connectivity index (χ3v) is 4.03. The van der Waals surface area contributed by atoms with Crippen molar-refractivity contribution in [1.82, 2.24) is 14.5 Å². The Morgan fingerprint density at radius 1 is 0.920 bits per heavy atom. The highest BCUT2D eigenvalue weighted by atomic mass is 16.2. The van der Waals surface area contributed by atoms with E-state index in [1.807, 2.05) is 71.4 Å². The van der Waals surface area contributed by atoms with Gasteiger partial charge in [0.05, 0.1) is 6.54 Å². The number of nitrogens with zero attached hydrogens (tertiary/aromatic N) is 3. The Hall–Kier alpha value is -3.47. The molecule has 0 aliphatic heterocycles. The van der Waals surface area contributed by atoms with E-state index in [0.717, 1.165) is 16.3 Å². The fraction of sp³-hybridized carbons (Fsp3) is 0.0500. The van der Waals surface area contributed by atoms with Crippen LogP contribution in [-0.2, 0) is 6.54 Å². The van der Waals surface area contributed by atoms with Crippen molar-refractivity contribution in [2.75, 3.05) is 5.32 Å². The molecule has 0 fully saturated rings. The fourth-order valence-electron chi connectivity index (χ4n) is 2.80. The number of fused-ring (bicyclic) bond motifs is 1. The molecular weight excluding hydrogens is 312 g/mol. The second-order valence-corrected chi connectivity index (χ2v) is 5.70. The Morgan fingerprint density at radius 3 is 2.60 bits per heavy atom. The van der Waals surface area contributed by atoms with Gasteiger partial charge in [-0.05, 0) is 17.0 Å².